The van der Waals surface area contributed by atoms with Crippen molar-refractivity contribution in [2.24, 2.45) is 0 Å². The highest BCUT2D eigenvalue weighted by Gasteiger charge is 2.23. The molecule has 0 radical (unpaired) electrons. The van der Waals surface area contributed by atoms with Gasteiger partial charge in [0.2, 0.25) is 0 Å². The molecule has 0 N–H and O–H groups in total. The van der Waals surface area contributed by atoms with Gasteiger partial charge in [0.25, 0.3) is 0 Å². The van der Waals surface area contributed by atoms with E-state index in [9.17, 15) is 0 Å². The van der Waals surface area contributed by atoms with Crippen molar-refractivity contribution < 1.29 is 18.9 Å². The molecule has 1 aromatic carbocycles. The number of methoxy groups -OCH3 is 4. The summed E-state index contributed by atoms with van der Waals surface area (Å²) >= 11 is 0. The first-order valence-electron chi connectivity index (χ1n) is 6.88. The maximum absolute atomic E-state index is 5.39. The van der Waals surface area contributed by atoms with Gasteiger partial charge >= 0.3 is 0 Å². The van der Waals surface area contributed by atoms with Crippen molar-refractivity contribution in [3.8, 4) is 5.75 Å². The quantitative estimate of drug-likeness (QED) is 0.736. The number of rotatable bonds is 7. The van der Waals surface area contributed by atoms with Crippen LogP contribution in [0.15, 0.2) is 24.3 Å². The third-order valence-corrected chi connectivity index (χ3v) is 3.74. The monoisotopic (exact) mass is 293 g/mol. The van der Waals surface area contributed by atoms with Crippen LogP contribution < -0.4 is 4.74 Å². The van der Waals surface area contributed by atoms with E-state index in [2.05, 4.69) is 17.6 Å². The minimum absolute atomic E-state index is 0.0774. The van der Waals surface area contributed by atoms with E-state index in [1.54, 1.807) is 28.4 Å². The molecule has 0 aliphatic rings. The standard InChI is InChI=1S/C16H23NO4/c1-11(16(20-4)21-5)15-9-12-8-13(19-3)6-7-14(12)17(15)10-18-2/h6-9,11,16H,10H2,1-5H3. The molecule has 0 saturated carbocycles. The van der Waals surface area contributed by atoms with Crippen molar-refractivity contribution in [1.82, 2.24) is 4.57 Å². The zero-order valence-electron chi connectivity index (χ0n) is 13.3. The molecule has 0 amide bonds. The van der Waals surface area contributed by atoms with Gasteiger partial charge in [-0.05, 0) is 24.3 Å². The second-order valence-corrected chi connectivity index (χ2v) is 4.97. The molecule has 21 heavy (non-hydrogen) atoms. The molecule has 1 aromatic heterocycles. The van der Waals surface area contributed by atoms with Crippen LogP contribution in [0.5, 0.6) is 5.75 Å². The largest absolute Gasteiger partial charge is 0.497 e. The summed E-state index contributed by atoms with van der Waals surface area (Å²) in [5.74, 6) is 0.917. The summed E-state index contributed by atoms with van der Waals surface area (Å²) in [6.07, 6.45) is -0.299. The zero-order chi connectivity index (χ0) is 15.4. The van der Waals surface area contributed by atoms with Crippen LogP contribution in [-0.4, -0.2) is 39.3 Å². The van der Waals surface area contributed by atoms with Gasteiger partial charge in [-0.1, -0.05) is 6.92 Å². The van der Waals surface area contributed by atoms with Crippen LogP contribution in [-0.2, 0) is 20.9 Å². The van der Waals surface area contributed by atoms with Crippen LogP contribution in [0.4, 0.5) is 0 Å². The Morgan fingerprint density at radius 3 is 2.33 bits per heavy atom. The third kappa shape index (κ3) is 3.05. The SMILES string of the molecule is COCn1c(C(C)C(OC)OC)cc2cc(OC)ccc21. The average Bonchev–Trinajstić information content (AvgIpc) is 2.86. The minimum Gasteiger partial charge on any atom is -0.497 e. The van der Waals surface area contributed by atoms with Gasteiger partial charge in [0.1, 0.15) is 12.5 Å². The number of fused-ring (bicyclic) bond motifs is 1. The van der Waals surface area contributed by atoms with Gasteiger partial charge in [-0.2, -0.15) is 0 Å². The summed E-state index contributed by atoms with van der Waals surface area (Å²) in [6, 6.07) is 8.14. The summed E-state index contributed by atoms with van der Waals surface area (Å²) in [5.41, 5.74) is 2.21. The van der Waals surface area contributed by atoms with Gasteiger partial charge in [0, 0.05) is 38.3 Å². The molecule has 0 aliphatic heterocycles. The first-order chi connectivity index (χ1) is 10.2. The van der Waals surface area contributed by atoms with E-state index in [0.717, 1.165) is 22.3 Å². The molecule has 0 spiro atoms. The molecule has 2 aromatic rings. The van der Waals surface area contributed by atoms with Gasteiger partial charge in [0.15, 0.2) is 6.29 Å². The molecule has 116 valence electrons. The molecule has 0 fully saturated rings. The minimum atomic E-state index is -0.299. The van der Waals surface area contributed by atoms with Gasteiger partial charge < -0.3 is 23.5 Å². The van der Waals surface area contributed by atoms with E-state index in [4.69, 9.17) is 18.9 Å². The predicted octanol–water partition coefficient (Wildman–Crippen LogP) is 2.98. The number of nitrogens with zero attached hydrogens (tertiary/aromatic N) is 1. The van der Waals surface area contributed by atoms with Crippen molar-refractivity contribution in [1.29, 1.82) is 0 Å². The first-order valence-corrected chi connectivity index (χ1v) is 6.88. The summed E-state index contributed by atoms with van der Waals surface area (Å²) in [7, 11) is 6.66. The Labute approximate surface area is 125 Å². The van der Waals surface area contributed by atoms with Crippen LogP contribution in [0.2, 0.25) is 0 Å². The van der Waals surface area contributed by atoms with Gasteiger partial charge in [0.05, 0.1) is 12.6 Å². The fourth-order valence-corrected chi connectivity index (χ4v) is 2.69. The number of ether oxygens (including phenoxy) is 4. The summed E-state index contributed by atoms with van der Waals surface area (Å²) in [5, 5.41) is 1.11. The highest BCUT2D eigenvalue weighted by Crippen LogP contribution is 2.31. The number of hydrogen-bond acceptors (Lipinski definition) is 4. The third-order valence-electron chi connectivity index (χ3n) is 3.74. The maximum atomic E-state index is 5.39. The molecular formula is C16H23NO4. The lowest BCUT2D eigenvalue weighted by Gasteiger charge is -2.22. The summed E-state index contributed by atoms with van der Waals surface area (Å²) in [4.78, 5) is 0. The molecule has 2 rings (SSSR count). The molecule has 1 heterocycles. The predicted molar refractivity (Wildman–Crippen MR) is 81.7 cm³/mol. The molecule has 0 aliphatic carbocycles. The van der Waals surface area contributed by atoms with E-state index in [1.165, 1.54) is 0 Å². The van der Waals surface area contributed by atoms with E-state index in [1.807, 2.05) is 18.2 Å². The lowest BCUT2D eigenvalue weighted by Crippen LogP contribution is -2.23. The Balaban J connectivity index is 2.52. The first kappa shape index (κ1) is 15.8. The molecule has 1 atom stereocenters. The van der Waals surface area contributed by atoms with Crippen molar-refractivity contribution in [3.63, 3.8) is 0 Å². The number of hydrogen-bond donors (Lipinski definition) is 0. The molecule has 0 bridgehead atoms. The smallest absolute Gasteiger partial charge is 0.164 e. The highest BCUT2D eigenvalue weighted by molar-refractivity contribution is 5.83. The fraction of sp³-hybridized carbons (Fsp3) is 0.500. The molecule has 5 heteroatoms. The van der Waals surface area contributed by atoms with Gasteiger partial charge in [-0.3, -0.25) is 0 Å². The van der Waals surface area contributed by atoms with Gasteiger partial charge in [-0.15, -0.1) is 0 Å². The van der Waals surface area contributed by atoms with Crippen LogP contribution in [0.1, 0.15) is 18.5 Å². The summed E-state index contributed by atoms with van der Waals surface area (Å²) in [6.45, 7) is 2.56. The lowest BCUT2D eigenvalue weighted by atomic mass is 10.1. The van der Waals surface area contributed by atoms with Crippen molar-refractivity contribution in [2.45, 2.75) is 25.9 Å². The Hall–Kier alpha value is -1.56. The van der Waals surface area contributed by atoms with Crippen LogP contribution in [0.25, 0.3) is 10.9 Å². The molecular weight excluding hydrogens is 270 g/mol. The average molecular weight is 293 g/mol. The van der Waals surface area contributed by atoms with Crippen LogP contribution in [0.3, 0.4) is 0 Å². The zero-order valence-corrected chi connectivity index (χ0v) is 13.3. The Kier molecular flexibility index (Phi) is 5.22. The molecule has 5 nitrogen and oxygen atoms in total. The van der Waals surface area contributed by atoms with E-state index in [0.29, 0.717) is 6.73 Å². The van der Waals surface area contributed by atoms with Crippen molar-refractivity contribution in [3.05, 3.63) is 30.0 Å². The van der Waals surface area contributed by atoms with Crippen LogP contribution in [0, 0.1) is 0 Å². The Morgan fingerprint density at radius 1 is 1.05 bits per heavy atom. The van der Waals surface area contributed by atoms with Crippen molar-refractivity contribution >= 4 is 10.9 Å². The van der Waals surface area contributed by atoms with Crippen LogP contribution >= 0.6 is 0 Å². The number of benzene rings is 1. The normalized spacial score (nSPS) is 13.0. The highest BCUT2D eigenvalue weighted by atomic mass is 16.7. The number of aromatic nitrogens is 1. The maximum Gasteiger partial charge on any atom is 0.164 e. The topological polar surface area (TPSA) is 41.9 Å². The Bertz CT molecular complexity index is 589. The second-order valence-electron chi connectivity index (χ2n) is 4.97. The fourth-order valence-electron chi connectivity index (χ4n) is 2.69. The Morgan fingerprint density at radius 2 is 1.76 bits per heavy atom. The van der Waals surface area contributed by atoms with Crippen molar-refractivity contribution in [2.75, 3.05) is 28.4 Å². The van der Waals surface area contributed by atoms with E-state index < -0.39 is 0 Å². The second kappa shape index (κ2) is 6.93. The molecule has 1 unspecified atom stereocenters. The molecule has 0 saturated heterocycles. The van der Waals surface area contributed by atoms with E-state index >= 15 is 0 Å². The van der Waals surface area contributed by atoms with Gasteiger partial charge in [-0.25, -0.2) is 0 Å². The van der Waals surface area contributed by atoms with E-state index in [-0.39, 0.29) is 12.2 Å². The lowest BCUT2D eigenvalue weighted by molar-refractivity contribution is -0.116. The summed E-state index contributed by atoms with van der Waals surface area (Å²) < 4.78 is 23.5.